The third kappa shape index (κ3) is 1.68. The summed E-state index contributed by atoms with van der Waals surface area (Å²) in [5.74, 6) is 1.97. The molecule has 0 aliphatic carbocycles. The Morgan fingerprint density at radius 3 is 3.13 bits per heavy atom. The Labute approximate surface area is 129 Å². The zero-order chi connectivity index (χ0) is 15.4. The van der Waals surface area contributed by atoms with Crippen LogP contribution in [0.25, 0.3) is 10.9 Å². The second kappa shape index (κ2) is 4.35. The predicted molar refractivity (Wildman–Crippen MR) is 83.4 cm³/mol. The molecule has 0 fully saturated rings. The maximum atomic E-state index is 12.0. The molecule has 8 nitrogen and oxygen atoms in total. The van der Waals surface area contributed by atoms with Crippen molar-refractivity contribution in [3.8, 4) is 5.88 Å². The van der Waals surface area contributed by atoms with Crippen LogP contribution in [0.5, 0.6) is 5.88 Å². The highest BCUT2D eigenvalue weighted by molar-refractivity contribution is 6.20. The topological polar surface area (TPSA) is 96.4 Å². The number of benzene rings is 1. The van der Waals surface area contributed by atoms with E-state index in [9.17, 15) is 4.79 Å². The molecule has 4 heterocycles. The van der Waals surface area contributed by atoms with Crippen LogP contribution in [0.1, 0.15) is 5.56 Å². The third-order valence-electron chi connectivity index (χ3n) is 3.97. The monoisotopic (exact) mass is 306 g/mol. The molecular formula is C15H10N6O2. The number of hydrogen-bond acceptors (Lipinski definition) is 7. The average Bonchev–Trinajstić information content (AvgIpc) is 2.71. The van der Waals surface area contributed by atoms with E-state index in [2.05, 4.69) is 24.9 Å². The van der Waals surface area contributed by atoms with Crippen molar-refractivity contribution in [1.29, 1.82) is 0 Å². The fraction of sp³-hybridized carbons (Fsp3) is 0.133. The van der Waals surface area contributed by atoms with Crippen molar-refractivity contribution in [2.24, 2.45) is 4.99 Å². The van der Waals surface area contributed by atoms with Crippen molar-refractivity contribution in [3.05, 3.63) is 46.8 Å². The number of H-pyrrole nitrogens is 1. The summed E-state index contributed by atoms with van der Waals surface area (Å²) in [6.07, 6.45) is 2.85. The molecule has 0 saturated carbocycles. The lowest BCUT2D eigenvalue weighted by Crippen LogP contribution is -2.35. The van der Waals surface area contributed by atoms with Gasteiger partial charge < -0.3 is 14.6 Å². The molecule has 2 aliphatic rings. The van der Waals surface area contributed by atoms with Gasteiger partial charge in [0.2, 0.25) is 5.88 Å². The smallest absolute Gasteiger partial charge is 0.258 e. The normalized spacial score (nSPS) is 15.3. The number of hydrogen-bond donors (Lipinski definition) is 1. The van der Waals surface area contributed by atoms with Gasteiger partial charge in [0.05, 0.1) is 23.8 Å². The first-order chi connectivity index (χ1) is 11.3. The molecule has 2 aliphatic heterocycles. The Kier molecular flexibility index (Phi) is 2.32. The number of amidine groups is 1. The molecule has 5 rings (SSSR count). The number of rotatable bonds is 1. The second-order valence-electron chi connectivity index (χ2n) is 5.25. The highest BCUT2D eigenvalue weighted by Crippen LogP contribution is 2.37. The molecule has 1 N–H and O–H groups in total. The van der Waals surface area contributed by atoms with Gasteiger partial charge in [0, 0.05) is 5.69 Å². The van der Waals surface area contributed by atoms with Gasteiger partial charge >= 0.3 is 0 Å². The van der Waals surface area contributed by atoms with Crippen LogP contribution in [0, 0.1) is 0 Å². The van der Waals surface area contributed by atoms with Gasteiger partial charge in [-0.25, -0.2) is 19.9 Å². The zero-order valence-electron chi connectivity index (χ0n) is 11.9. The summed E-state index contributed by atoms with van der Waals surface area (Å²) in [7, 11) is 0. The number of aliphatic imine (C=N–C) groups is 1. The maximum Gasteiger partial charge on any atom is 0.258 e. The minimum atomic E-state index is -0.164. The molecule has 0 atom stereocenters. The van der Waals surface area contributed by atoms with Gasteiger partial charge in [-0.05, 0) is 18.2 Å². The lowest BCUT2D eigenvalue weighted by atomic mass is 10.1. The van der Waals surface area contributed by atoms with Gasteiger partial charge in [-0.1, -0.05) is 0 Å². The molecule has 23 heavy (non-hydrogen) atoms. The number of aromatic nitrogens is 4. The zero-order valence-corrected chi connectivity index (χ0v) is 11.9. The minimum absolute atomic E-state index is 0.164. The fourth-order valence-electron chi connectivity index (χ4n) is 2.86. The number of fused-ring (bicyclic) bond motifs is 1. The lowest BCUT2D eigenvalue weighted by Gasteiger charge is -2.27. The number of anilines is 1. The van der Waals surface area contributed by atoms with Gasteiger partial charge in [-0.15, -0.1) is 0 Å². The molecule has 0 spiro atoms. The summed E-state index contributed by atoms with van der Waals surface area (Å²) in [5.41, 5.74) is 2.18. The molecule has 112 valence electrons. The van der Waals surface area contributed by atoms with Gasteiger partial charge in [0.1, 0.15) is 18.5 Å². The van der Waals surface area contributed by atoms with E-state index in [0.29, 0.717) is 35.8 Å². The first-order valence-corrected chi connectivity index (χ1v) is 7.13. The van der Waals surface area contributed by atoms with Gasteiger partial charge in [0.15, 0.2) is 11.7 Å². The lowest BCUT2D eigenvalue weighted by molar-refractivity contribution is 0.319. The van der Waals surface area contributed by atoms with Crippen LogP contribution in [-0.4, -0.2) is 38.9 Å². The van der Waals surface area contributed by atoms with Crippen LogP contribution in [0.4, 0.5) is 11.5 Å². The summed E-state index contributed by atoms with van der Waals surface area (Å²) < 4.78 is 5.67. The van der Waals surface area contributed by atoms with Crippen LogP contribution < -0.4 is 15.2 Å². The largest absolute Gasteiger partial charge is 0.475 e. The molecule has 1 aromatic carbocycles. The summed E-state index contributed by atoms with van der Waals surface area (Å²) >= 11 is 0. The molecule has 2 aromatic heterocycles. The maximum absolute atomic E-state index is 12.0. The van der Waals surface area contributed by atoms with Gasteiger partial charge in [-0.3, -0.25) is 4.79 Å². The quantitative estimate of drug-likeness (QED) is 0.720. The SMILES string of the molecule is O=c1[nH]cnc2ccc(N3CCOc4ncnc5c4C3=N5)cc12. The molecule has 8 heteroatoms. The van der Waals surface area contributed by atoms with E-state index in [0.717, 1.165) is 17.1 Å². The Bertz CT molecular complexity index is 1040. The molecule has 3 aromatic rings. The molecule has 0 amide bonds. The third-order valence-corrected chi connectivity index (χ3v) is 3.97. The standard InChI is InChI=1S/C15H10N6O2/c22-14-9-5-8(1-2-10(9)16-6-18-14)21-3-4-23-15-11-12(17-7-19-15)20-13(11)21/h1-2,5-7H,3-4H2,(H,16,18,22). The molecule has 0 unspecified atom stereocenters. The van der Waals surface area contributed by atoms with E-state index in [1.54, 1.807) is 0 Å². The fourth-order valence-corrected chi connectivity index (χ4v) is 2.86. The van der Waals surface area contributed by atoms with Crippen molar-refractivity contribution >= 4 is 28.2 Å². The number of nitrogens with one attached hydrogen (secondary N) is 1. The van der Waals surface area contributed by atoms with Crippen molar-refractivity contribution in [1.82, 2.24) is 19.9 Å². The van der Waals surface area contributed by atoms with Crippen LogP contribution in [0.15, 0.2) is 40.6 Å². The van der Waals surface area contributed by atoms with Crippen LogP contribution in [0.2, 0.25) is 0 Å². The van der Waals surface area contributed by atoms with Gasteiger partial charge in [0.25, 0.3) is 5.56 Å². The van der Waals surface area contributed by atoms with Crippen molar-refractivity contribution in [3.63, 3.8) is 0 Å². The highest BCUT2D eigenvalue weighted by atomic mass is 16.5. The Morgan fingerprint density at radius 2 is 2.17 bits per heavy atom. The summed E-state index contributed by atoms with van der Waals surface area (Å²) in [5, 5.41) is 0.542. The van der Waals surface area contributed by atoms with E-state index in [1.165, 1.54) is 12.7 Å². The van der Waals surface area contributed by atoms with Crippen molar-refractivity contribution in [2.45, 2.75) is 0 Å². The number of aromatic amines is 1. The Morgan fingerprint density at radius 1 is 1.22 bits per heavy atom. The van der Waals surface area contributed by atoms with E-state index in [4.69, 9.17) is 4.74 Å². The van der Waals surface area contributed by atoms with Crippen LogP contribution in [-0.2, 0) is 0 Å². The first-order valence-electron chi connectivity index (χ1n) is 7.13. The van der Waals surface area contributed by atoms with E-state index < -0.39 is 0 Å². The summed E-state index contributed by atoms with van der Waals surface area (Å²) in [6.45, 7) is 1.09. The minimum Gasteiger partial charge on any atom is -0.475 e. The van der Waals surface area contributed by atoms with E-state index in [-0.39, 0.29) is 5.56 Å². The molecular weight excluding hydrogens is 296 g/mol. The van der Waals surface area contributed by atoms with E-state index >= 15 is 0 Å². The van der Waals surface area contributed by atoms with Crippen LogP contribution >= 0.6 is 0 Å². The molecule has 0 radical (unpaired) electrons. The summed E-state index contributed by atoms with van der Waals surface area (Å²) in [4.78, 5) is 33.5. The summed E-state index contributed by atoms with van der Waals surface area (Å²) in [6, 6.07) is 5.56. The first kappa shape index (κ1) is 12.3. The molecule has 0 saturated heterocycles. The van der Waals surface area contributed by atoms with Gasteiger partial charge in [-0.2, -0.15) is 0 Å². The Hall–Kier alpha value is -3.29. The number of nitrogens with zero attached hydrogens (tertiary/aromatic N) is 5. The van der Waals surface area contributed by atoms with Crippen LogP contribution in [0.3, 0.4) is 0 Å². The van der Waals surface area contributed by atoms with E-state index in [1.807, 2.05) is 23.1 Å². The van der Waals surface area contributed by atoms with Crippen molar-refractivity contribution < 1.29 is 4.74 Å². The van der Waals surface area contributed by atoms with Crippen molar-refractivity contribution in [2.75, 3.05) is 18.1 Å². The Balaban J connectivity index is 1.66. The second-order valence-corrected chi connectivity index (χ2v) is 5.25. The average molecular weight is 306 g/mol. The predicted octanol–water partition coefficient (Wildman–Crippen LogP) is 1.00. The highest BCUT2D eigenvalue weighted by Gasteiger charge is 2.33. The molecule has 0 bridgehead atoms. The number of ether oxygens (including phenoxy) is 1.